The van der Waals surface area contributed by atoms with Crippen molar-refractivity contribution in [2.75, 3.05) is 6.61 Å². The Hall–Kier alpha value is -1.91. The number of aldehydes is 1. The van der Waals surface area contributed by atoms with Gasteiger partial charge in [-0.05, 0) is 6.92 Å². The number of pyridine rings is 1. The lowest BCUT2D eigenvalue weighted by atomic mass is 10.4. The highest BCUT2D eigenvalue weighted by atomic mass is 16.5. The first kappa shape index (κ1) is 8.68. The molecule has 2 aromatic heterocycles. The SMILES string of the molecule is CCOc1ccnc2nc(C=O)oc12. The van der Waals surface area contributed by atoms with Crippen LogP contribution in [0.2, 0.25) is 0 Å². The molecular formula is C9H8N2O3. The van der Waals surface area contributed by atoms with Crippen molar-refractivity contribution >= 4 is 17.5 Å². The second-order valence-corrected chi connectivity index (χ2v) is 2.56. The number of rotatable bonds is 3. The van der Waals surface area contributed by atoms with Gasteiger partial charge in [-0.3, -0.25) is 4.79 Å². The van der Waals surface area contributed by atoms with Crippen molar-refractivity contribution in [3.63, 3.8) is 0 Å². The number of nitrogens with zero attached hydrogens (tertiary/aromatic N) is 2. The molecule has 0 aromatic carbocycles. The highest BCUT2D eigenvalue weighted by molar-refractivity contribution is 5.80. The number of aromatic nitrogens is 2. The van der Waals surface area contributed by atoms with E-state index in [9.17, 15) is 4.79 Å². The lowest BCUT2D eigenvalue weighted by Crippen LogP contribution is -1.91. The Bertz CT molecular complexity index is 464. The van der Waals surface area contributed by atoms with Gasteiger partial charge in [0.05, 0.1) is 6.61 Å². The van der Waals surface area contributed by atoms with Crippen molar-refractivity contribution in [3.05, 3.63) is 18.2 Å². The van der Waals surface area contributed by atoms with E-state index >= 15 is 0 Å². The first-order valence-electron chi connectivity index (χ1n) is 4.18. The molecule has 0 atom stereocenters. The van der Waals surface area contributed by atoms with Crippen LogP contribution in [0.5, 0.6) is 5.75 Å². The fourth-order valence-electron chi connectivity index (χ4n) is 1.15. The molecule has 2 aromatic rings. The molecule has 0 radical (unpaired) electrons. The summed E-state index contributed by atoms with van der Waals surface area (Å²) in [5.41, 5.74) is 0.800. The van der Waals surface area contributed by atoms with Crippen LogP contribution >= 0.6 is 0 Å². The molecule has 14 heavy (non-hydrogen) atoms. The second kappa shape index (κ2) is 3.45. The van der Waals surface area contributed by atoms with Crippen LogP contribution in [0.25, 0.3) is 11.2 Å². The highest BCUT2D eigenvalue weighted by Gasteiger charge is 2.10. The molecule has 0 saturated heterocycles. The molecule has 0 N–H and O–H groups in total. The molecule has 0 bridgehead atoms. The molecule has 5 heteroatoms. The van der Waals surface area contributed by atoms with Crippen LogP contribution in [0.15, 0.2) is 16.7 Å². The molecule has 5 nitrogen and oxygen atoms in total. The number of carbonyl (C=O) groups excluding carboxylic acids is 1. The Kier molecular flexibility index (Phi) is 2.14. The zero-order valence-electron chi connectivity index (χ0n) is 7.56. The minimum atomic E-state index is 0.0136. The van der Waals surface area contributed by atoms with Crippen molar-refractivity contribution in [3.8, 4) is 5.75 Å². The van der Waals surface area contributed by atoms with Gasteiger partial charge < -0.3 is 9.15 Å². The third-order valence-corrected chi connectivity index (χ3v) is 1.67. The van der Waals surface area contributed by atoms with Gasteiger partial charge in [-0.25, -0.2) is 4.98 Å². The molecule has 0 amide bonds. The molecule has 0 aliphatic heterocycles. The maximum atomic E-state index is 10.4. The fourth-order valence-corrected chi connectivity index (χ4v) is 1.15. The minimum Gasteiger partial charge on any atom is -0.490 e. The van der Waals surface area contributed by atoms with Crippen LogP contribution < -0.4 is 4.74 Å². The van der Waals surface area contributed by atoms with E-state index in [4.69, 9.17) is 9.15 Å². The van der Waals surface area contributed by atoms with E-state index in [1.807, 2.05) is 6.92 Å². The van der Waals surface area contributed by atoms with Crippen LogP contribution in [-0.4, -0.2) is 22.9 Å². The molecule has 0 unspecified atom stereocenters. The molecule has 72 valence electrons. The van der Waals surface area contributed by atoms with Gasteiger partial charge in [0.2, 0.25) is 17.5 Å². The summed E-state index contributed by atoms with van der Waals surface area (Å²) in [5, 5.41) is 0. The van der Waals surface area contributed by atoms with Gasteiger partial charge in [0.15, 0.2) is 5.75 Å². The van der Waals surface area contributed by atoms with Crippen molar-refractivity contribution in [1.29, 1.82) is 0 Å². The number of hydrogen-bond donors (Lipinski definition) is 0. The second-order valence-electron chi connectivity index (χ2n) is 2.56. The normalized spacial score (nSPS) is 10.4. The minimum absolute atomic E-state index is 0.0136. The summed E-state index contributed by atoms with van der Waals surface area (Å²) in [6, 6.07) is 1.67. The van der Waals surface area contributed by atoms with Crippen molar-refractivity contribution in [2.24, 2.45) is 0 Å². The Morgan fingerprint density at radius 1 is 1.64 bits per heavy atom. The molecule has 0 fully saturated rings. The van der Waals surface area contributed by atoms with Crippen LogP contribution in [0.4, 0.5) is 0 Å². The van der Waals surface area contributed by atoms with E-state index in [0.29, 0.717) is 29.9 Å². The average molecular weight is 192 g/mol. The molecule has 2 heterocycles. The lowest BCUT2D eigenvalue weighted by molar-refractivity contribution is 0.109. The third-order valence-electron chi connectivity index (χ3n) is 1.67. The lowest BCUT2D eigenvalue weighted by Gasteiger charge is -2.00. The topological polar surface area (TPSA) is 65.2 Å². The van der Waals surface area contributed by atoms with Gasteiger partial charge >= 0.3 is 0 Å². The van der Waals surface area contributed by atoms with Gasteiger partial charge in [0, 0.05) is 12.3 Å². The van der Waals surface area contributed by atoms with Crippen LogP contribution in [-0.2, 0) is 0 Å². The van der Waals surface area contributed by atoms with Crippen LogP contribution in [0, 0.1) is 0 Å². The number of hydrogen-bond acceptors (Lipinski definition) is 5. The van der Waals surface area contributed by atoms with Gasteiger partial charge in [0.1, 0.15) is 0 Å². The van der Waals surface area contributed by atoms with E-state index < -0.39 is 0 Å². The van der Waals surface area contributed by atoms with E-state index in [-0.39, 0.29) is 5.89 Å². The van der Waals surface area contributed by atoms with Crippen LogP contribution in [0.1, 0.15) is 17.6 Å². The standard InChI is InChI=1S/C9H8N2O3/c1-2-13-6-3-4-10-9-8(6)14-7(5-12)11-9/h3-5H,2H2,1H3. The summed E-state index contributed by atoms with van der Waals surface area (Å²) >= 11 is 0. The summed E-state index contributed by atoms with van der Waals surface area (Å²) in [6.45, 7) is 2.39. The van der Waals surface area contributed by atoms with Gasteiger partial charge in [-0.1, -0.05) is 0 Å². The Morgan fingerprint density at radius 2 is 2.50 bits per heavy atom. The molecule has 0 saturated carbocycles. The van der Waals surface area contributed by atoms with E-state index in [1.54, 1.807) is 12.3 Å². The predicted molar refractivity (Wildman–Crippen MR) is 48.4 cm³/mol. The zero-order valence-corrected chi connectivity index (χ0v) is 7.56. The summed E-state index contributed by atoms with van der Waals surface area (Å²) < 4.78 is 10.4. The van der Waals surface area contributed by atoms with Crippen molar-refractivity contribution in [1.82, 2.24) is 9.97 Å². The van der Waals surface area contributed by atoms with Crippen LogP contribution in [0.3, 0.4) is 0 Å². The van der Waals surface area contributed by atoms with Crippen molar-refractivity contribution < 1.29 is 13.9 Å². The molecular weight excluding hydrogens is 184 g/mol. The molecule has 0 aliphatic carbocycles. The molecule has 2 rings (SSSR count). The maximum Gasteiger partial charge on any atom is 0.262 e. The largest absolute Gasteiger partial charge is 0.490 e. The predicted octanol–water partition coefficient (Wildman–Crippen LogP) is 1.43. The Morgan fingerprint density at radius 3 is 3.21 bits per heavy atom. The summed E-state index contributed by atoms with van der Waals surface area (Å²) in [5.74, 6) is 0.567. The average Bonchev–Trinajstić information content (AvgIpc) is 2.62. The maximum absolute atomic E-state index is 10.4. The summed E-state index contributed by atoms with van der Waals surface area (Å²) in [4.78, 5) is 18.2. The number of oxazole rings is 1. The summed E-state index contributed by atoms with van der Waals surface area (Å²) in [7, 11) is 0. The smallest absolute Gasteiger partial charge is 0.262 e. The Labute approximate surface area is 79.7 Å². The number of carbonyl (C=O) groups is 1. The van der Waals surface area contributed by atoms with Gasteiger partial charge in [-0.15, -0.1) is 0 Å². The van der Waals surface area contributed by atoms with Gasteiger partial charge in [0.25, 0.3) is 5.89 Å². The third kappa shape index (κ3) is 1.32. The molecule has 0 spiro atoms. The number of ether oxygens (including phenoxy) is 1. The quantitative estimate of drug-likeness (QED) is 0.688. The van der Waals surface area contributed by atoms with Gasteiger partial charge in [-0.2, -0.15) is 4.98 Å². The van der Waals surface area contributed by atoms with Crippen molar-refractivity contribution in [2.45, 2.75) is 6.92 Å². The monoisotopic (exact) mass is 192 g/mol. The number of fused-ring (bicyclic) bond motifs is 1. The molecule has 0 aliphatic rings. The van der Waals surface area contributed by atoms with E-state index in [1.165, 1.54) is 0 Å². The first-order chi connectivity index (χ1) is 6.85. The zero-order chi connectivity index (χ0) is 9.97. The fraction of sp³-hybridized carbons (Fsp3) is 0.222. The van der Waals surface area contributed by atoms with E-state index in [0.717, 1.165) is 0 Å². The van der Waals surface area contributed by atoms with E-state index in [2.05, 4.69) is 9.97 Å². The highest BCUT2D eigenvalue weighted by Crippen LogP contribution is 2.23. The summed E-state index contributed by atoms with van der Waals surface area (Å²) in [6.07, 6.45) is 2.10. The first-order valence-corrected chi connectivity index (χ1v) is 4.18. The Balaban J connectivity index is 2.60.